The molecule has 0 aliphatic heterocycles. The maximum atomic E-state index is 12.6. The van der Waals surface area contributed by atoms with E-state index in [1.54, 1.807) is 20.4 Å². The van der Waals surface area contributed by atoms with Gasteiger partial charge in [0.25, 0.3) is 6.43 Å². The minimum absolute atomic E-state index is 0.374. The molecule has 0 fully saturated rings. The van der Waals surface area contributed by atoms with Crippen molar-refractivity contribution < 1.29 is 18.3 Å². The number of ether oxygens (including phenoxy) is 2. The van der Waals surface area contributed by atoms with E-state index in [-0.39, 0.29) is 0 Å². The van der Waals surface area contributed by atoms with Crippen LogP contribution in [-0.4, -0.2) is 46.7 Å². The number of nitrogens with one attached hydrogen (secondary N) is 1. The van der Waals surface area contributed by atoms with Gasteiger partial charge in [-0.3, -0.25) is 4.98 Å². The quantitative estimate of drug-likeness (QED) is 0.638. The highest BCUT2D eigenvalue weighted by Crippen LogP contribution is 2.28. The van der Waals surface area contributed by atoms with Crippen molar-refractivity contribution in [3.8, 4) is 11.6 Å². The number of rotatable bonds is 8. The second-order valence-electron chi connectivity index (χ2n) is 6.12. The van der Waals surface area contributed by atoms with Crippen LogP contribution < -0.4 is 14.8 Å². The fourth-order valence-corrected chi connectivity index (χ4v) is 2.90. The number of aromatic nitrogens is 4. The molecule has 0 amide bonds. The Morgan fingerprint density at radius 3 is 2.71 bits per heavy atom. The number of nitrogens with zero attached hydrogens (tertiary/aromatic N) is 4. The van der Waals surface area contributed by atoms with Crippen molar-refractivity contribution in [1.29, 1.82) is 0 Å². The van der Waals surface area contributed by atoms with Crippen LogP contribution in [0, 0.1) is 6.92 Å². The van der Waals surface area contributed by atoms with Crippen LogP contribution in [0.1, 0.15) is 16.8 Å². The van der Waals surface area contributed by atoms with Gasteiger partial charge in [-0.15, -0.1) is 0 Å². The first-order valence-corrected chi connectivity index (χ1v) is 8.53. The molecule has 0 saturated carbocycles. The summed E-state index contributed by atoms with van der Waals surface area (Å²) < 4.78 is 37.6. The molecule has 0 aliphatic carbocycles. The van der Waals surface area contributed by atoms with E-state index in [0.717, 1.165) is 16.8 Å². The van der Waals surface area contributed by atoms with Gasteiger partial charge in [0, 0.05) is 29.1 Å². The van der Waals surface area contributed by atoms with Crippen LogP contribution in [0.15, 0.2) is 31.4 Å². The van der Waals surface area contributed by atoms with E-state index in [4.69, 9.17) is 9.47 Å². The molecule has 3 aromatic rings. The van der Waals surface area contributed by atoms with E-state index in [0.29, 0.717) is 35.0 Å². The normalized spacial score (nSPS) is 11.1. The van der Waals surface area contributed by atoms with Gasteiger partial charge < -0.3 is 19.4 Å². The number of hydrogen-bond donors (Lipinski definition) is 1. The number of hydrogen-bond acceptors (Lipinski definition) is 6. The first-order valence-electron chi connectivity index (χ1n) is 8.53. The predicted molar refractivity (Wildman–Crippen MR) is 102 cm³/mol. The zero-order valence-electron chi connectivity index (χ0n) is 15.9. The van der Waals surface area contributed by atoms with Crippen LogP contribution >= 0.6 is 0 Å². The Hall–Kier alpha value is -3.23. The summed E-state index contributed by atoms with van der Waals surface area (Å²) in [4.78, 5) is 12.9. The Labute approximate surface area is 161 Å². The summed E-state index contributed by atoms with van der Waals surface area (Å²) in [5, 5.41) is 2.65. The SMILES string of the molecule is C=C(NCC(F)F)c1cn(Cc2ncnc(OC)c2C)c2cc(OC)cnc12. The molecule has 0 aromatic carbocycles. The molecule has 9 heteroatoms. The van der Waals surface area contributed by atoms with Crippen molar-refractivity contribution in [2.24, 2.45) is 0 Å². The van der Waals surface area contributed by atoms with Crippen molar-refractivity contribution in [3.63, 3.8) is 0 Å². The molecule has 0 radical (unpaired) electrons. The van der Waals surface area contributed by atoms with Crippen molar-refractivity contribution in [2.45, 2.75) is 19.9 Å². The fourth-order valence-electron chi connectivity index (χ4n) is 2.90. The summed E-state index contributed by atoms with van der Waals surface area (Å²) in [7, 11) is 3.11. The van der Waals surface area contributed by atoms with Crippen LogP contribution in [0.3, 0.4) is 0 Å². The highest BCUT2D eigenvalue weighted by atomic mass is 19.3. The van der Waals surface area contributed by atoms with Gasteiger partial charge >= 0.3 is 0 Å². The van der Waals surface area contributed by atoms with E-state index in [2.05, 4.69) is 26.8 Å². The molecule has 0 aliphatic rings. The van der Waals surface area contributed by atoms with Gasteiger partial charge in [0.05, 0.1) is 50.2 Å². The molecule has 0 unspecified atom stereocenters. The third-order valence-corrected chi connectivity index (χ3v) is 4.38. The van der Waals surface area contributed by atoms with Crippen molar-refractivity contribution >= 4 is 16.7 Å². The number of halogens is 2. The second-order valence-corrected chi connectivity index (χ2v) is 6.12. The molecule has 0 bridgehead atoms. The summed E-state index contributed by atoms with van der Waals surface area (Å²) in [6.45, 7) is 5.69. The average molecular weight is 389 g/mol. The lowest BCUT2D eigenvalue weighted by molar-refractivity contribution is 0.151. The summed E-state index contributed by atoms with van der Waals surface area (Å²) >= 11 is 0. The Bertz CT molecular complexity index is 1000. The van der Waals surface area contributed by atoms with Gasteiger partial charge in [0.1, 0.15) is 12.1 Å². The van der Waals surface area contributed by atoms with Crippen molar-refractivity contribution in [3.05, 3.63) is 48.2 Å². The minimum Gasteiger partial charge on any atom is -0.495 e. The van der Waals surface area contributed by atoms with E-state index >= 15 is 0 Å². The van der Waals surface area contributed by atoms with Crippen molar-refractivity contribution in [1.82, 2.24) is 24.8 Å². The third kappa shape index (κ3) is 3.88. The Morgan fingerprint density at radius 1 is 1.25 bits per heavy atom. The Kier molecular flexibility index (Phi) is 5.72. The molecular formula is C19H21F2N5O2. The van der Waals surface area contributed by atoms with Crippen LogP contribution in [0.25, 0.3) is 16.7 Å². The van der Waals surface area contributed by atoms with Crippen LogP contribution in [-0.2, 0) is 6.54 Å². The highest BCUT2D eigenvalue weighted by Gasteiger charge is 2.16. The molecule has 3 heterocycles. The first-order chi connectivity index (χ1) is 13.4. The summed E-state index contributed by atoms with van der Waals surface area (Å²) in [6, 6.07) is 1.83. The van der Waals surface area contributed by atoms with Gasteiger partial charge in [-0.05, 0) is 6.92 Å². The van der Waals surface area contributed by atoms with Crippen molar-refractivity contribution in [2.75, 3.05) is 20.8 Å². The second kappa shape index (κ2) is 8.20. The molecule has 148 valence electrons. The van der Waals surface area contributed by atoms with E-state index in [9.17, 15) is 8.78 Å². The number of pyridine rings is 1. The largest absolute Gasteiger partial charge is 0.495 e. The number of methoxy groups -OCH3 is 2. The number of fused-ring (bicyclic) bond motifs is 1. The first kappa shape index (κ1) is 19.5. The smallest absolute Gasteiger partial charge is 0.255 e. The predicted octanol–water partition coefficient (Wildman–Crippen LogP) is 3.03. The monoisotopic (exact) mass is 389 g/mol. The molecule has 0 saturated heterocycles. The standard InChI is InChI=1S/C19H21F2N5O2/c1-11-15(24-10-25-19(11)28-4)9-26-8-14(12(2)22-7-17(20)21)18-16(26)5-13(27-3)6-23-18/h5-6,8,10,17,22H,2,7,9H2,1,3-4H3. The van der Waals surface area contributed by atoms with Crippen LogP contribution in [0.4, 0.5) is 8.78 Å². The van der Waals surface area contributed by atoms with E-state index < -0.39 is 13.0 Å². The minimum atomic E-state index is -2.48. The molecule has 3 aromatic heterocycles. The Morgan fingerprint density at radius 2 is 2.04 bits per heavy atom. The van der Waals surface area contributed by atoms with E-state index in [1.165, 1.54) is 6.33 Å². The highest BCUT2D eigenvalue weighted by molar-refractivity contribution is 5.89. The van der Waals surface area contributed by atoms with Gasteiger partial charge in [-0.2, -0.15) is 0 Å². The van der Waals surface area contributed by atoms with Gasteiger partial charge in [-0.25, -0.2) is 18.7 Å². The van der Waals surface area contributed by atoms with Gasteiger partial charge in [-0.1, -0.05) is 6.58 Å². The lowest BCUT2D eigenvalue weighted by Crippen LogP contribution is -2.19. The number of alkyl halides is 2. The summed E-state index contributed by atoms with van der Waals surface area (Å²) in [5.74, 6) is 1.09. The van der Waals surface area contributed by atoms with Gasteiger partial charge in [0.15, 0.2) is 0 Å². The lowest BCUT2D eigenvalue weighted by Gasteiger charge is -2.10. The topological polar surface area (TPSA) is 74.1 Å². The molecule has 0 atom stereocenters. The maximum absolute atomic E-state index is 12.6. The third-order valence-electron chi connectivity index (χ3n) is 4.38. The van der Waals surface area contributed by atoms with E-state index in [1.807, 2.05) is 23.8 Å². The maximum Gasteiger partial charge on any atom is 0.255 e. The lowest BCUT2D eigenvalue weighted by atomic mass is 10.2. The zero-order valence-corrected chi connectivity index (χ0v) is 15.9. The zero-order chi connectivity index (χ0) is 20.3. The summed E-state index contributed by atoms with van der Waals surface area (Å²) in [5.41, 5.74) is 4.00. The molecule has 28 heavy (non-hydrogen) atoms. The summed E-state index contributed by atoms with van der Waals surface area (Å²) in [6.07, 6.45) is 2.35. The Balaban J connectivity index is 2.05. The average Bonchev–Trinajstić information content (AvgIpc) is 3.05. The van der Waals surface area contributed by atoms with Crippen LogP contribution in [0.2, 0.25) is 0 Å². The molecular weight excluding hydrogens is 368 g/mol. The molecule has 3 rings (SSSR count). The van der Waals surface area contributed by atoms with Gasteiger partial charge in [0.2, 0.25) is 5.88 Å². The van der Waals surface area contributed by atoms with Crippen LogP contribution in [0.5, 0.6) is 11.6 Å². The fraction of sp³-hybridized carbons (Fsp3) is 0.316. The molecule has 0 spiro atoms. The molecule has 7 nitrogen and oxygen atoms in total. The molecule has 1 N–H and O–H groups in total.